The Morgan fingerprint density at radius 3 is 2.83 bits per heavy atom. The van der Waals surface area contributed by atoms with Crippen LogP contribution in [0, 0.1) is 18.8 Å². The van der Waals surface area contributed by atoms with Gasteiger partial charge >= 0.3 is 5.97 Å². The average molecular weight is 267 g/mol. The lowest BCUT2D eigenvalue weighted by Gasteiger charge is -2.17. The third-order valence-electron chi connectivity index (χ3n) is 3.78. The van der Waals surface area contributed by atoms with Crippen molar-refractivity contribution in [3.8, 4) is 0 Å². The lowest BCUT2D eigenvalue weighted by atomic mass is 10.4. The summed E-state index contributed by atoms with van der Waals surface area (Å²) in [5.41, 5.74) is 6.68. The molecule has 1 aliphatic heterocycles. The van der Waals surface area contributed by atoms with E-state index in [1.807, 2.05) is 13.8 Å². The molecule has 98 valence electrons. The van der Waals surface area contributed by atoms with E-state index in [9.17, 15) is 4.79 Å². The van der Waals surface area contributed by atoms with Crippen LogP contribution in [0.1, 0.15) is 22.3 Å². The number of nitrogens with zero attached hydrogens (tertiary/aromatic N) is 2. The molecule has 5 nitrogen and oxygen atoms in total. The Morgan fingerprint density at radius 2 is 2.22 bits per heavy atom. The number of rotatable bonds is 3. The lowest BCUT2D eigenvalue weighted by Crippen LogP contribution is -2.27. The first-order valence-corrected chi connectivity index (χ1v) is 7.08. The van der Waals surface area contributed by atoms with Gasteiger partial charge in [-0.05, 0) is 25.7 Å². The molecule has 0 bridgehead atoms. The first kappa shape index (κ1) is 11.9. The predicted molar refractivity (Wildman–Crippen MR) is 70.0 cm³/mol. The molecule has 1 saturated carbocycles. The highest BCUT2D eigenvalue weighted by Crippen LogP contribution is 2.46. The van der Waals surface area contributed by atoms with Gasteiger partial charge in [0, 0.05) is 19.1 Å². The predicted octanol–water partition coefficient (Wildman–Crippen LogP) is 1.02. The van der Waals surface area contributed by atoms with Crippen LogP contribution in [0.15, 0.2) is 0 Å². The number of fused-ring (bicyclic) bond motifs is 1. The molecule has 0 aromatic carbocycles. The van der Waals surface area contributed by atoms with Gasteiger partial charge in [0.15, 0.2) is 5.13 Å². The molecule has 0 amide bonds. The summed E-state index contributed by atoms with van der Waals surface area (Å²) in [6, 6.07) is 0.381. The first-order valence-electron chi connectivity index (χ1n) is 6.27. The second kappa shape index (κ2) is 4.20. The highest BCUT2D eigenvalue weighted by molar-refractivity contribution is 7.17. The van der Waals surface area contributed by atoms with Crippen molar-refractivity contribution in [3.05, 3.63) is 10.6 Å². The van der Waals surface area contributed by atoms with Gasteiger partial charge in [-0.25, -0.2) is 9.78 Å². The maximum Gasteiger partial charge on any atom is 0.350 e. The zero-order valence-corrected chi connectivity index (χ0v) is 11.4. The second-order valence-electron chi connectivity index (χ2n) is 4.94. The van der Waals surface area contributed by atoms with Gasteiger partial charge in [-0.3, -0.25) is 0 Å². The van der Waals surface area contributed by atoms with Crippen LogP contribution in [-0.2, 0) is 4.74 Å². The van der Waals surface area contributed by atoms with Crippen molar-refractivity contribution in [2.24, 2.45) is 17.6 Å². The van der Waals surface area contributed by atoms with E-state index in [0.29, 0.717) is 29.4 Å². The lowest BCUT2D eigenvalue weighted by molar-refractivity contribution is 0.0531. The summed E-state index contributed by atoms with van der Waals surface area (Å²) in [4.78, 5) is 19.1. The van der Waals surface area contributed by atoms with E-state index in [4.69, 9.17) is 10.5 Å². The highest BCUT2D eigenvalue weighted by atomic mass is 32.1. The van der Waals surface area contributed by atoms with Crippen molar-refractivity contribution in [2.75, 3.05) is 24.6 Å². The van der Waals surface area contributed by atoms with Gasteiger partial charge in [0.1, 0.15) is 4.88 Å². The molecule has 18 heavy (non-hydrogen) atoms. The third-order valence-corrected chi connectivity index (χ3v) is 4.98. The molecule has 2 fully saturated rings. The molecule has 2 heterocycles. The summed E-state index contributed by atoms with van der Waals surface area (Å²) in [5, 5.41) is 0.926. The number of anilines is 1. The molecule has 0 spiro atoms. The Bertz CT molecular complexity index is 476. The fraction of sp³-hybridized carbons (Fsp3) is 0.667. The summed E-state index contributed by atoms with van der Waals surface area (Å²) in [6.45, 7) is 6.01. The van der Waals surface area contributed by atoms with Crippen molar-refractivity contribution in [1.29, 1.82) is 0 Å². The van der Waals surface area contributed by atoms with Crippen molar-refractivity contribution >= 4 is 22.4 Å². The van der Waals surface area contributed by atoms with Crippen LogP contribution in [0.3, 0.4) is 0 Å². The van der Waals surface area contributed by atoms with Crippen LogP contribution >= 0.6 is 11.3 Å². The van der Waals surface area contributed by atoms with Gasteiger partial charge < -0.3 is 15.4 Å². The number of aryl methyl sites for hydroxylation is 1. The number of nitrogens with two attached hydrogens (primary N) is 1. The Kier molecular flexibility index (Phi) is 2.79. The Balaban J connectivity index is 1.75. The number of carbonyl (C=O) groups is 1. The minimum absolute atomic E-state index is 0.264. The first-order chi connectivity index (χ1) is 8.61. The van der Waals surface area contributed by atoms with E-state index in [0.717, 1.165) is 23.9 Å². The van der Waals surface area contributed by atoms with E-state index in [-0.39, 0.29) is 5.97 Å². The van der Waals surface area contributed by atoms with E-state index in [2.05, 4.69) is 9.88 Å². The molecular formula is C12H17N3O2S. The summed E-state index contributed by atoms with van der Waals surface area (Å²) in [5.74, 6) is 0.986. The number of carbonyl (C=O) groups excluding carboxylic acids is 1. The molecule has 1 saturated heterocycles. The topological polar surface area (TPSA) is 68.5 Å². The number of esters is 1. The number of hydrogen-bond acceptors (Lipinski definition) is 6. The van der Waals surface area contributed by atoms with Crippen LogP contribution in [0.4, 0.5) is 5.13 Å². The van der Waals surface area contributed by atoms with Gasteiger partial charge in [-0.1, -0.05) is 11.3 Å². The van der Waals surface area contributed by atoms with Crippen molar-refractivity contribution in [3.63, 3.8) is 0 Å². The number of piperidine rings is 1. The molecule has 1 aromatic rings. The average Bonchev–Trinajstić information content (AvgIpc) is 2.76. The van der Waals surface area contributed by atoms with Crippen molar-refractivity contribution in [1.82, 2.24) is 4.98 Å². The minimum Gasteiger partial charge on any atom is -0.462 e. The molecular weight excluding hydrogens is 250 g/mol. The number of hydrogen-bond donors (Lipinski definition) is 1. The Labute approximate surface area is 110 Å². The zero-order valence-electron chi connectivity index (χ0n) is 10.5. The number of thiazole rings is 1. The van der Waals surface area contributed by atoms with Crippen molar-refractivity contribution < 1.29 is 9.53 Å². The minimum atomic E-state index is -0.264. The van der Waals surface area contributed by atoms with Crippen LogP contribution in [0.25, 0.3) is 0 Å². The molecule has 1 aromatic heterocycles. The molecule has 6 heteroatoms. The van der Waals surface area contributed by atoms with Crippen LogP contribution in [-0.4, -0.2) is 36.7 Å². The normalized spacial score (nSPS) is 29.3. The maximum absolute atomic E-state index is 11.7. The molecule has 2 N–H and O–H groups in total. The molecule has 1 aliphatic carbocycles. The van der Waals surface area contributed by atoms with Gasteiger partial charge in [-0.2, -0.15) is 0 Å². The third kappa shape index (κ3) is 1.80. The summed E-state index contributed by atoms with van der Waals surface area (Å²) in [7, 11) is 0. The fourth-order valence-electron chi connectivity index (χ4n) is 2.63. The van der Waals surface area contributed by atoms with Gasteiger partial charge in [0.05, 0.1) is 12.3 Å². The highest BCUT2D eigenvalue weighted by Gasteiger charge is 2.54. The van der Waals surface area contributed by atoms with E-state index < -0.39 is 0 Å². The maximum atomic E-state index is 11.7. The SMILES string of the molecule is CCOC(=O)c1sc(N2C[C@@H]3[C@H](N)[C@@H]3C2)nc1C. The standard InChI is InChI=1S/C12H17N3O2S/c1-3-17-11(16)10-6(2)14-12(18-10)15-4-7-8(5-15)9(7)13/h7-9H,3-5,13H2,1-2H3/t7-,8+,9-. The van der Waals surface area contributed by atoms with Gasteiger partial charge in [0.2, 0.25) is 0 Å². The second-order valence-corrected chi connectivity index (χ2v) is 5.92. The number of aromatic nitrogens is 1. The Hall–Kier alpha value is -1.14. The van der Waals surface area contributed by atoms with Gasteiger partial charge in [-0.15, -0.1) is 0 Å². The summed E-state index contributed by atoms with van der Waals surface area (Å²) < 4.78 is 5.02. The zero-order chi connectivity index (χ0) is 12.9. The van der Waals surface area contributed by atoms with E-state index >= 15 is 0 Å². The smallest absolute Gasteiger partial charge is 0.350 e. The van der Waals surface area contributed by atoms with Crippen molar-refractivity contribution in [2.45, 2.75) is 19.9 Å². The van der Waals surface area contributed by atoms with Crippen LogP contribution < -0.4 is 10.6 Å². The monoisotopic (exact) mass is 267 g/mol. The molecule has 0 radical (unpaired) electrons. The largest absolute Gasteiger partial charge is 0.462 e. The fourth-order valence-corrected chi connectivity index (χ4v) is 3.61. The number of ether oxygens (including phenoxy) is 1. The summed E-state index contributed by atoms with van der Waals surface area (Å²) in [6.07, 6.45) is 0. The van der Waals surface area contributed by atoms with Crippen LogP contribution in [0.2, 0.25) is 0 Å². The summed E-state index contributed by atoms with van der Waals surface area (Å²) >= 11 is 1.43. The van der Waals surface area contributed by atoms with Gasteiger partial charge in [0.25, 0.3) is 0 Å². The van der Waals surface area contributed by atoms with Crippen LogP contribution in [0.5, 0.6) is 0 Å². The molecule has 3 atom stereocenters. The van der Waals surface area contributed by atoms with E-state index in [1.165, 1.54) is 11.3 Å². The quantitative estimate of drug-likeness (QED) is 0.828. The Morgan fingerprint density at radius 1 is 1.56 bits per heavy atom. The molecule has 2 aliphatic rings. The van der Waals surface area contributed by atoms with E-state index in [1.54, 1.807) is 0 Å². The molecule has 3 rings (SSSR count). The molecule has 0 unspecified atom stereocenters.